The minimum atomic E-state index is -1.01. The molecular weight excluding hydrogens is 398 g/mol. The maximum absolute atomic E-state index is 12.5. The lowest BCUT2D eigenvalue weighted by Crippen LogP contribution is -2.30. The van der Waals surface area contributed by atoms with Gasteiger partial charge in [0.15, 0.2) is 5.49 Å². The first-order valence-corrected chi connectivity index (χ1v) is 9.81. The molecule has 0 radical (unpaired) electrons. The van der Waals surface area contributed by atoms with Gasteiger partial charge in [-0.05, 0) is 18.6 Å². The number of imidazole rings is 1. The predicted octanol–water partition coefficient (Wildman–Crippen LogP) is 1.86. The van der Waals surface area contributed by atoms with E-state index in [1.807, 2.05) is 19.1 Å². The second-order valence-corrected chi connectivity index (χ2v) is 6.47. The summed E-state index contributed by atoms with van der Waals surface area (Å²) < 4.78 is 6.87. The van der Waals surface area contributed by atoms with E-state index in [1.54, 1.807) is 42.0 Å². The van der Waals surface area contributed by atoms with E-state index in [9.17, 15) is 14.7 Å². The van der Waals surface area contributed by atoms with Crippen LogP contribution >= 0.6 is 0 Å². The highest BCUT2D eigenvalue weighted by Gasteiger charge is 2.15. The van der Waals surface area contributed by atoms with Gasteiger partial charge in [-0.3, -0.25) is 14.7 Å². The van der Waals surface area contributed by atoms with Crippen molar-refractivity contribution in [1.29, 1.82) is 5.26 Å². The summed E-state index contributed by atoms with van der Waals surface area (Å²) in [6.45, 7) is 2.88. The summed E-state index contributed by atoms with van der Waals surface area (Å²) in [6, 6.07) is 10.8. The van der Waals surface area contributed by atoms with Crippen LogP contribution in [0.25, 0.3) is 6.08 Å². The molecule has 0 aliphatic carbocycles. The largest absolute Gasteiger partial charge is 0.478 e. The van der Waals surface area contributed by atoms with Crippen molar-refractivity contribution >= 4 is 23.9 Å². The average Bonchev–Trinajstić information content (AvgIpc) is 2.95. The number of aliphatic carboxylic acids is 1. The van der Waals surface area contributed by atoms with Crippen LogP contribution in [0.1, 0.15) is 36.5 Å². The molecule has 9 heteroatoms. The Labute approximate surface area is 180 Å². The standard InChI is InChI=1S/C19H20N4O4.C3H5N/c1-27-11-5-10-23-16-15(9-8-14(12-20-16)18(25)26)21-19(23)22-17(24)13-6-3-2-4-7-13;1-2-3-4/h2-4,6-7,9,12H,5,8,10-11H2,1H3,(H,25,26)(H,21,22,24);2H2,1H3. The van der Waals surface area contributed by atoms with Gasteiger partial charge >= 0.3 is 5.97 Å². The van der Waals surface area contributed by atoms with Crippen LogP contribution < -0.4 is 16.2 Å². The molecule has 0 saturated heterocycles. The minimum absolute atomic E-state index is 0.186. The van der Waals surface area contributed by atoms with Crippen LogP contribution in [-0.2, 0) is 16.1 Å². The molecule has 1 aromatic heterocycles. The zero-order valence-corrected chi connectivity index (χ0v) is 17.5. The summed E-state index contributed by atoms with van der Waals surface area (Å²) in [7, 11) is 1.62. The van der Waals surface area contributed by atoms with Gasteiger partial charge < -0.3 is 9.84 Å². The van der Waals surface area contributed by atoms with E-state index in [0.717, 1.165) is 0 Å². The highest BCUT2D eigenvalue weighted by atomic mass is 16.5. The van der Waals surface area contributed by atoms with Crippen molar-refractivity contribution in [3.05, 3.63) is 58.5 Å². The number of aromatic nitrogens is 2. The third-order valence-electron chi connectivity index (χ3n) is 4.25. The zero-order chi connectivity index (χ0) is 22.6. The van der Waals surface area contributed by atoms with Crippen molar-refractivity contribution < 1.29 is 19.4 Å². The summed E-state index contributed by atoms with van der Waals surface area (Å²) in [5, 5.41) is 20.2. The summed E-state index contributed by atoms with van der Waals surface area (Å²) in [6.07, 6.45) is 4.57. The average molecular weight is 423 g/mol. The normalized spacial score (nSPS) is 11.8. The van der Waals surface area contributed by atoms with Crippen molar-refractivity contribution in [2.45, 2.75) is 32.7 Å². The second kappa shape index (κ2) is 12.0. The number of carbonyl (C=O) groups is 2. The van der Waals surface area contributed by atoms with Gasteiger partial charge in [0.2, 0.25) is 5.95 Å². The van der Waals surface area contributed by atoms with Crippen LogP contribution in [0.2, 0.25) is 0 Å². The number of hydrogen-bond acceptors (Lipinski definition) is 6. The number of carboxylic acid groups (broad SMARTS) is 1. The van der Waals surface area contributed by atoms with Gasteiger partial charge in [0, 0.05) is 44.9 Å². The Morgan fingerprint density at radius 1 is 1.32 bits per heavy atom. The molecule has 31 heavy (non-hydrogen) atoms. The van der Waals surface area contributed by atoms with E-state index in [-0.39, 0.29) is 17.9 Å². The number of fused-ring (bicyclic) bond motifs is 1. The number of ether oxygens (including phenoxy) is 1. The number of rotatable bonds is 7. The Balaban J connectivity index is 0.000000785. The van der Waals surface area contributed by atoms with Crippen molar-refractivity contribution in [3.63, 3.8) is 0 Å². The quantitative estimate of drug-likeness (QED) is 0.654. The molecule has 2 aromatic rings. The summed E-state index contributed by atoms with van der Waals surface area (Å²) in [5.41, 5.74) is 1.23. The van der Waals surface area contributed by atoms with Gasteiger partial charge in [-0.2, -0.15) is 5.26 Å². The molecule has 0 atom stereocenters. The molecule has 0 spiro atoms. The first-order chi connectivity index (χ1) is 15.0. The number of hydrogen-bond donors (Lipinski definition) is 2. The second-order valence-electron chi connectivity index (χ2n) is 6.47. The van der Waals surface area contributed by atoms with Gasteiger partial charge in [0.1, 0.15) is 5.35 Å². The number of nitrogens with one attached hydrogen (secondary N) is 1. The fourth-order valence-corrected chi connectivity index (χ4v) is 2.71. The van der Waals surface area contributed by atoms with E-state index in [2.05, 4.69) is 15.3 Å². The summed E-state index contributed by atoms with van der Waals surface area (Å²) in [4.78, 5) is 32.5. The van der Waals surface area contributed by atoms with E-state index >= 15 is 0 Å². The Morgan fingerprint density at radius 3 is 2.65 bits per heavy atom. The van der Waals surface area contributed by atoms with Gasteiger partial charge in [-0.25, -0.2) is 14.8 Å². The molecule has 0 bridgehead atoms. The van der Waals surface area contributed by atoms with Crippen LogP contribution in [0.5, 0.6) is 0 Å². The number of amides is 1. The van der Waals surface area contributed by atoms with E-state index < -0.39 is 5.97 Å². The predicted molar refractivity (Wildman–Crippen MR) is 115 cm³/mol. The van der Waals surface area contributed by atoms with Crippen LogP contribution in [0.4, 0.5) is 5.95 Å². The van der Waals surface area contributed by atoms with Crippen LogP contribution in [0.15, 0.2) is 47.1 Å². The van der Waals surface area contributed by atoms with E-state index in [1.165, 1.54) is 6.20 Å². The Kier molecular flexibility index (Phi) is 9.13. The Morgan fingerprint density at radius 2 is 2.03 bits per heavy atom. The third-order valence-corrected chi connectivity index (χ3v) is 4.25. The maximum atomic E-state index is 12.5. The number of methoxy groups -OCH3 is 1. The molecule has 1 amide bonds. The Hall–Kier alpha value is -3.77. The minimum Gasteiger partial charge on any atom is -0.478 e. The zero-order valence-electron chi connectivity index (χ0n) is 17.5. The highest BCUT2D eigenvalue weighted by Crippen LogP contribution is 2.08. The van der Waals surface area contributed by atoms with Gasteiger partial charge in [-0.1, -0.05) is 31.2 Å². The lowest BCUT2D eigenvalue weighted by molar-refractivity contribution is -0.132. The third kappa shape index (κ3) is 6.62. The fourth-order valence-electron chi connectivity index (χ4n) is 2.71. The smallest absolute Gasteiger partial charge is 0.333 e. The number of benzene rings is 1. The first kappa shape index (κ1) is 23.5. The molecule has 162 valence electrons. The first-order valence-electron chi connectivity index (χ1n) is 9.81. The van der Waals surface area contributed by atoms with Crippen molar-refractivity contribution in [2.75, 3.05) is 19.0 Å². The topological polar surface area (TPSA) is 130 Å². The van der Waals surface area contributed by atoms with Crippen LogP contribution in [0, 0.1) is 11.3 Å². The number of nitriles is 1. The van der Waals surface area contributed by atoms with Crippen molar-refractivity contribution in [1.82, 2.24) is 9.55 Å². The molecule has 2 N–H and O–H groups in total. The monoisotopic (exact) mass is 423 g/mol. The van der Waals surface area contributed by atoms with Crippen molar-refractivity contribution in [2.24, 2.45) is 4.99 Å². The summed E-state index contributed by atoms with van der Waals surface area (Å²) in [5.74, 6) is -0.911. The number of anilines is 1. The van der Waals surface area contributed by atoms with Crippen molar-refractivity contribution in [3.8, 4) is 6.07 Å². The molecule has 0 unspecified atom stereocenters. The van der Waals surface area contributed by atoms with Crippen LogP contribution in [0.3, 0.4) is 0 Å². The van der Waals surface area contributed by atoms with Gasteiger partial charge in [-0.15, -0.1) is 0 Å². The maximum Gasteiger partial charge on any atom is 0.333 e. The van der Waals surface area contributed by atoms with Gasteiger partial charge in [0.05, 0.1) is 11.6 Å². The molecule has 1 aliphatic heterocycles. The molecule has 1 aliphatic rings. The molecule has 0 fully saturated rings. The van der Waals surface area contributed by atoms with Crippen LogP contribution in [-0.4, -0.2) is 40.3 Å². The SMILES string of the molecule is CCC#N.COCCCn1c(NC(=O)c2ccccc2)nc2c1=NC=C(C(=O)O)CC=2. The molecule has 1 aromatic carbocycles. The van der Waals surface area contributed by atoms with E-state index in [4.69, 9.17) is 10.00 Å². The molecule has 3 rings (SSSR count). The number of nitrogens with zero attached hydrogens (tertiary/aromatic N) is 4. The molecule has 0 saturated carbocycles. The molecule has 2 heterocycles. The lowest BCUT2D eigenvalue weighted by Gasteiger charge is -2.09. The van der Waals surface area contributed by atoms with E-state index in [0.29, 0.717) is 48.3 Å². The Bertz CT molecular complexity index is 1100. The lowest BCUT2D eigenvalue weighted by atomic mass is 10.2. The molecular formula is C22H25N5O4. The number of carbonyl (C=O) groups excluding carboxylic acids is 1. The van der Waals surface area contributed by atoms with Gasteiger partial charge in [0.25, 0.3) is 5.91 Å². The summed E-state index contributed by atoms with van der Waals surface area (Å²) >= 11 is 0. The fraction of sp³-hybridized carbons (Fsp3) is 0.318. The number of carboxylic acids is 1. The molecule has 9 nitrogen and oxygen atoms in total. The highest BCUT2D eigenvalue weighted by molar-refractivity contribution is 6.03.